The summed E-state index contributed by atoms with van der Waals surface area (Å²) in [6, 6.07) is 8.23. The quantitative estimate of drug-likeness (QED) is 0.697. The third kappa shape index (κ3) is 2.83. The summed E-state index contributed by atoms with van der Waals surface area (Å²) in [6.45, 7) is 0. The highest BCUT2D eigenvalue weighted by Crippen LogP contribution is 2.17. The first kappa shape index (κ1) is 12.1. The number of rotatable bonds is 2. The van der Waals surface area contributed by atoms with Crippen LogP contribution in [0, 0.1) is 0 Å². The first-order valence-electron chi connectivity index (χ1n) is 5.21. The van der Waals surface area contributed by atoms with Gasteiger partial charge in [-0.15, -0.1) is 0 Å². The minimum absolute atomic E-state index is 0.0625. The van der Waals surface area contributed by atoms with Gasteiger partial charge in [-0.1, -0.05) is 12.1 Å². The minimum Gasteiger partial charge on any atom is -0.378 e. The Bertz CT molecular complexity index is 425. The van der Waals surface area contributed by atoms with Crippen molar-refractivity contribution in [1.29, 1.82) is 0 Å². The fraction of sp³-hybridized carbons (Fsp3) is 0.273. The first-order valence-corrected chi connectivity index (χ1v) is 6.03. The molecule has 17 heavy (non-hydrogen) atoms. The Morgan fingerprint density at radius 1 is 1.00 bits per heavy atom. The van der Waals surface area contributed by atoms with Crippen LogP contribution in [0.15, 0.2) is 24.3 Å². The van der Waals surface area contributed by atoms with Gasteiger partial charge in [0.05, 0.1) is 0 Å². The van der Waals surface area contributed by atoms with E-state index in [-0.39, 0.29) is 6.17 Å². The molecular weight excluding hydrogens is 252 g/mol. The van der Waals surface area contributed by atoms with E-state index in [9.17, 15) is 0 Å². The van der Waals surface area contributed by atoms with Crippen LogP contribution in [-0.2, 0) is 0 Å². The van der Waals surface area contributed by atoms with Crippen LogP contribution in [0.4, 0.5) is 5.69 Å². The van der Waals surface area contributed by atoms with Gasteiger partial charge in [-0.3, -0.25) is 0 Å². The van der Waals surface area contributed by atoms with E-state index in [1.54, 1.807) is 0 Å². The molecule has 0 saturated carbocycles. The third-order valence-electron chi connectivity index (χ3n) is 2.52. The van der Waals surface area contributed by atoms with Gasteiger partial charge in [0.2, 0.25) is 0 Å². The van der Waals surface area contributed by atoms with E-state index in [4.69, 9.17) is 24.4 Å². The van der Waals surface area contributed by atoms with Gasteiger partial charge in [0.1, 0.15) is 6.17 Å². The van der Waals surface area contributed by atoms with Crippen molar-refractivity contribution < 1.29 is 0 Å². The number of hydrogen-bond donors (Lipinski definition) is 3. The lowest BCUT2D eigenvalue weighted by Gasteiger charge is -2.29. The second kappa shape index (κ2) is 4.85. The van der Waals surface area contributed by atoms with Gasteiger partial charge < -0.3 is 20.9 Å². The molecule has 0 aliphatic carbocycles. The third-order valence-corrected chi connectivity index (χ3v) is 2.96. The maximum Gasteiger partial charge on any atom is 0.174 e. The zero-order valence-electron chi connectivity index (χ0n) is 9.65. The normalized spacial score (nSPS) is 15.9. The molecule has 1 aliphatic heterocycles. The summed E-state index contributed by atoms with van der Waals surface area (Å²) in [5.41, 5.74) is 2.26. The van der Waals surface area contributed by atoms with E-state index in [0.29, 0.717) is 10.2 Å². The maximum atomic E-state index is 5.07. The van der Waals surface area contributed by atoms with Crippen molar-refractivity contribution in [3.8, 4) is 0 Å². The van der Waals surface area contributed by atoms with Crippen LogP contribution in [0.1, 0.15) is 11.7 Å². The maximum absolute atomic E-state index is 5.07. The summed E-state index contributed by atoms with van der Waals surface area (Å²) in [5, 5.41) is 10.2. The molecule has 1 fully saturated rings. The molecule has 6 heteroatoms. The summed E-state index contributed by atoms with van der Waals surface area (Å²) >= 11 is 10.1. The second-order valence-corrected chi connectivity index (χ2v) is 4.81. The molecule has 1 aromatic rings. The summed E-state index contributed by atoms with van der Waals surface area (Å²) in [4.78, 5) is 2.06. The Morgan fingerprint density at radius 3 is 2.00 bits per heavy atom. The molecule has 0 amide bonds. The molecule has 90 valence electrons. The van der Waals surface area contributed by atoms with E-state index < -0.39 is 0 Å². The summed E-state index contributed by atoms with van der Waals surface area (Å²) in [6.07, 6.45) is -0.0625. The largest absolute Gasteiger partial charge is 0.378 e. The average Bonchev–Trinajstić information content (AvgIpc) is 2.28. The van der Waals surface area contributed by atoms with E-state index in [1.807, 2.05) is 14.1 Å². The lowest BCUT2D eigenvalue weighted by molar-refractivity contribution is 0.585. The Kier molecular flexibility index (Phi) is 3.44. The smallest absolute Gasteiger partial charge is 0.174 e. The molecule has 0 aromatic heterocycles. The van der Waals surface area contributed by atoms with Crippen molar-refractivity contribution in [1.82, 2.24) is 16.0 Å². The predicted molar refractivity (Wildman–Crippen MR) is 78.1 cm³/mol. The van der Waals surface area contributed by atoms with Crippen molar-refractivity contribution >= 4 is 40.3 Å². The van der Waals surface area contributed by atoms with Crippen molar-refractivity contribution in [3.05, 3.63) is 29.8 Å². The van der Waals surface area contributed by atoms with Crippen LogP contribution in [0.25, 0.3) is 0 Å². The Labute approximate surface area is 111 Å². The number of nitrogens with one attached hydrogen (secondary N) is 3. The van der Waals surface area contributed by atoms with E-state index in [0.717, 1.165) is 11.3 Å². The lowest BCUT2D eigenvalue weighted by Crippen LogP contribution is -2.56. The minimum atomic E-state index is -0.0625. The average molecular weight is 266 g/mol. The molecule has 1 heterocycles. The molecular formula is C11H14N4S2. The highest BCUT2D eigenvalue weighted by molar-refractivity contribution is 7.81. The van der Waals surface area contributed by atoms with E-state index >= 15 is 0 Å². The Morgan fingerprint density at radius 2 is 1.53 bits per heavy atom. The molecule has 3 N–H and O–H groups in total. The molecule has 4 nitrogen and oxygen atoms in total. The summed E-state index contributed by atoms with van der Waals surface area (Å²) < 4.78 is 0. The van der Waals surface area contributed by atoms with Gasteiger partial charge in [-0.2, -0.15) is 0 Å². The molecule has 0 bridgehead atoms. The highest BCUT2D eigenvalue weighted by atomic mass is 32.1. The van der Waals surface area contributed by atoms with Gasteiger partial charge in [-0.25, -0.2) is 0 Å². The van der Waals surface area contributed by atoms with Gasteiger partial charge in [0.25, 0.3) is 0 Å². The fourth-order valence-corrected chi connectivity index (χ4v) is 2.11. The number of thiocarbonyl (C=S) groups is 2. The fourth-order valence-electron chi connectivity index (χ4n) is 1.61. The van der Waals surface area contributed by atoms with Gasteiger partial charge >= 0.3 is 0 Å². The molecule has 0 radical (unpaired) electrons. The van der Waals surface area contributed by atoms with Crippen molar-refractivity contribution in [2.45, 2.75) is 6.17 Å². The number of benzene rings is 1. The SMILES string of the molecule is CN(C)c1ccc(C2NC(=S)NC(=S)N2)cc1. The Hall–Kier alpha value is -1.40. The van der Waals surface area contributed by atoms with Crippen molar-refractivity contribution in [2.75, 3.05) is 19.0 Å². The van der Waals surface area contributed by atoms with Crippen molar-refractivity contribution in [3.63, 3.8) is 0 Å². The standard InChI is InChI=1S/C11H14N4S2/c1-15(2)8-5-3-7(4-6-8)9-12-10(16)14-11(17)13-9/h3-6,9H,1-2H3,(H3,12,13,14,16,17). The number of hydrogen-bond acceptors (Lipinski definition) is 3. The Balaban J connectivity index is 2.16. The van der Waals surface area contributed by atoms with Crippen LogP contribution in [0.3, 0.4) is 0 Å². The molecule has 0 spiro atoms. The summed E-state index contributed by atoms with van der Waals surface area (Å²) in [5.74, 6) is 0. The monoisotopic (exact) mass is 266 g/mol. The molecule has 1 aromatic carbocycles. The van der Waals surface area contributed by atoms with Crippen molar-refractivity contribution in [2.24, 2.45) is 0 Å². The molecule has 0 atom stereocenters. The number of nitrogens with zero attached hydrogens (tertiary/aromatic N) is 1. The lowest BCUT2D eigenvalue weighted by atomic mass is 10.1. The topological polar surface area (TPSA) is 39.3 Å². The van der Waals surface area contributed by atoms with Crippen LogP contribution >= 0.6 is 24.4 Å². The zero-order chi connectivity index (χ0) is 12.4. The van der Waals surface area contributed by atoms with Crippen LogP contribution in [-0.4, -0.2) is 24.3 Å². The van der Waals surface area contributed by atoms with Crippen LogP contribution in [0.5, 0.6) is 0 Å². The van der Waals surface area contributed by atoms with Crippen LogP contribution < -0.4 is 20.9 Å². The zero-order valence-corrected chi connectivity index (χ0v) is 11.3. The van der Waals surface area contributed by atoms with E-state index in [2.05, 4.69) is 45.1 Å². The molecule has 0 unspecified atom stereocenters. The van der Waals surface area contributed by atoms with Gasteiger partial charge in [-0.05, 0) is 42.1 Å². The highest BCUT2D eigenvalue weighted by Gasteiger charge is 2.19. The molecule has 2 rings (SSSR count). The van der Waals surface area contributed by atoms with E-state index in [1.165, 1.54) is 0 Å². The predicted octanol–water partition coefficient (Wildman–Crippen LogP) is 1.10. The van der Waals surface area contributed by atoms with Gasteiger partial charge in [0.15, 0.2) is 10.2 Å². The molecule has 1 aliphatic rings. The van der Waals surface area contributed by atoms with Gasteiger partial charge in [0, 0.05) is 19.8 Å². The number of anilines is 1. The summed E-state index contributed by atoms with van der Waals surface area (Å²) in [7, 11) is 4.03. The molecule has 1 saturated heterocycles. The van der Waals surface area contributed by atoms with Crippen LogP contribution in [0.2, 0.25) is 0 Å². The second-order valence-electron chi connectivity index (χ2n) is 3.99. The first-order chi connectivity index (χ1) is 8.06.